The topological polar surface area (TPSA) is 33.1 Å². The van der Waals surface area contributed by atoms with Crippen LogP contribution in [-0.2, 0) is 6.42 Å². The molecule has 0 spiro atoms. The minimum absolute atomic E-state index is 0.127. The average Bonchev–Trinajstić information content (AvgIpc) is 2.49. The number of pyridine rings is 1. The standard InChI is InChI=1S/C18H21NO/c1-12-8-9-15(11-13(12)2)18(20)16-7-3-5-14-6-4-10-19-17(14)16/h4,6,8-11,16,18,20H,3,5,7H2,1-2H3. The van der Waals surface area contributed by atoms with Gasteiger partial charge >= 0.3 is 0 Å². The number of nitrogens with zero attached hydrogens (tertiary/aromatic N) is 1. The van der Waals surface area contributed by atoms with Gasteiger partial charge in [-0.1, -0.05) is 24.3 Å². The van der Waals surface area contributed by atoms with Crippen molar-refractivity contribution in [2.75, 3.05) is 0 Å². The summed E-state index contributed by atoms with van der Waals surface area (Å²) in [5.41, 5.74) is 5.90. The van der Waals surface area contributed by atoms with E-state index in [4.69, 9.17) is 0 Å². The smallest absolute Gasteiger partial charge is 0.0873 e. The molecule has 1 aliphatic carbocycles. The van der Waals surface area contributed by atoms with E-state index in [9.17, 15) is 5.11 Å². The second-order valence-corrected chi connectivity index (χ2v) is 5.84. The van der Waals surface area contributed by atoms with Crippen molar-refractivity contribution in [2.24, 2.45) is 0 Å². The Labute approximate surface area is 120 Å². The van der Waals surface area contributed by atoms with Crippen LogP contribution in [0.3, 0.4) is 0 Å². The summed E-state index contributed by atoms with van der Waals surface area (Å²) in [5.74, 6) is 0.127. The molecule has 1 aromatic heterocycles. The monoisotopic (exact) mass is 267 g/mol. The Balaban J connectivity index is 1.95. The number of hydrogen-bond donors (Lipinski definition) is 1. The number of benzene rings is 1. The fourth-order valence-corrected chi connectivity index (χ4v) is 3.13. The van der Waals surface area contributed by atoms with E-state index in [-0.39, 0.29) is 5.92 Å². The fourth-order valence-electron chi connectivity index (χ4n) is 3.13. The molecular formula is C18H21NO. The number of fused-ring (bicyclic) bond motifs is 1. The van der Waals surface area contributed by atoms with Gasteiger partial charge in [0.2, 0.25) is 0 Å². The van der Waals surface area contributed by atoms with Gasteiger partial charge in [0, 0.05) is 17.8 Å². The highest BCUT2D eigenvalue weighted by atomic mass is 16.3. The van der Waals surface area contributed by atoms with Crippen molar-refractivity contribution in [1.29, 1.82) is 0 Å². The Kier molecular flexibility index (Phi) is 3.58. The van der Waals surface area contributed by atoms with Crippen LogP contribution >= 0.6 is 0 Å². The molecule has 0 amide bonds. The summed E-state index contributed by atoms with van der Waals surface area (Å²) in [6, 6.07) is 10.4. The Bertz CT molecular complexity index is 621. The number of aliphatic hydroxyl groups is 1. The summed E-state index contributed by atoms with van der Waals surface area (Å²) < 4.78 is 0. The van der Waals surface area contributed by atoms with Gasteiger partial charge in [-0.15, -0.1) is 0 Å². The van der Waals surface area contributed by atoms with E-state index in [0.29, 0.717) is 0 Å². The van der Waals surface area contributed by atoms with E-state index < -0.39 is 6.10 Å². The highest BCUT2D eigenvalue weighted by Crippen LogP contribution is 2.39. The summed E-state index contributed by atoms with van der Waals surface area (Å²) in [6.45, 7) is 4.20. The van der Waals surface area contributed by atoms with Gasteiger partial charge in [0.1, 0.15) is 0 Å². The molecule has 1 heterocycles. The Hall–Kier alpha value is -1.67. The first-order valence-corrected chi connectivity index (χ1v) is 7.36. The quantitative estimate of drug-likeness (QED) is 0.896. The SMILES string of the molecule is Cc1ccc(C(O)C2CCCc3cccnc32)cc1C. The minimum atomic E-state index is -0.455. The largest absolute Gasteiger partial charge is 0.388 e. The molecule has 0 bridgehead atoms. The Morgan fingerprint density at radius 3 is 2.85 bits per heavy atom. The van der Waals surface area contributed by atoms with Gasteiger partial charge in [0.15, 0.2) is 0 Å². The highest BCUT2D eigenvalue weighted by molar-refractivity contribution is 5.34. The average molecular weight is 267 g/mol. The number of aliphatic hydroxyl groups excluding tert-OH is 1. The molecule has 0 saturated heterocycles. The molecule has 2 atom stereocenters. The Morgan fingerprint density at radius 1 is 1.20 bits per heavy atom. The third-order valence-electron chi connectivity index (χ3n) is 4.49. The lowest BCUT2D eigenvalue weighted by molar-refractivity contribution is 0.134. The van der Waals surface area contributed by atoms with Crippen molar-refractivity contribution in [1.82, 2.24) is 4.98 Å². The third kappa shape index (κ3) is 2.36. The van der Waals surface area contributed by atoms with Crippen molar-refractivity contribution in [3.05, 3.63) is 64.5 Å². The molecule has 2 aromatic rings. The van der Waals surface area contributed by atoms with Gasteiger partial charge < -0.3 is 5.11 Å². The fraction of sp³-hybridized carbons (Fsp3) is 0.389. The maximum Gasteiger partial charge on any atom is 0.0873 e. The van der Waals surface area contributed by atoms with Crippen LogP contribution in [-0.4, -0.2) is 10.1 Å². The zero-order valence-electron chi connectivity index (χ0n) is 12.1. The van der Waals surface area contributed by atoms with Crippen molar-refractivity contribution in [2.45, 2.75) is 45.1 Å². The lowest BCUT2D eigenvalue weighted by Gasteiger charge is -2.28. The van der Waals surface area contributed by atoms with E-state index in [2.05, 4.69) is 37.0 Å². The predicted octanol–water partition coefficient (Wildman–Crippen LogP) is 3.85. The van der Waals surface area contributed by atoms with E-state index >= 15 is 0 Å². The second-order valence-electron chi connectivity index (χ2n) is 5.84. The zero-order valence-corrected chi connectivity index (χ0v) is 12.1. The summed E-state index contributed by atoms with van der Waals surface area (Å²) in [5, 5.41) is 10.8. The van der Waals surface area contributed by atoms with Gasteiger partial charge in [-0.05, 0) is 61.4 Å². The van der Waals surface area contributed by atoms with Crippen LogP contribution < -0.4 is 0 Å². The third-order valence-corrected chi connectivity index (χ3v) is 4.49. The van der Waals surface area contributed by atoms with Crippen LogP contribution in [0.5, 0.6) is 0 Å². The molecule has 1 aliphatic rings. The summed E-state index contributed by atoms with van der Waals surface area (Å²) in [6.07, 6.45) is 4.61. The first-order chi connectivity index (χ1) is 9.66. The van der Waals surface area contributed by atoms with Crippen molar-refractivity contribution >= 4 is 0 Å². The number of rotatable bonds is 2. The molecule has 2 nitrogen and oxygen atoms in total. The van der Waals surface area contributed by atoms with Crippen LogP contribution in [0.15, 0.2) is 36.5 Å². The molecule has 0 fully saturated rings. The molecule has 2 unspecified atom stereocenters. The van der Waals surface area contributed by atoms with Gasteiger partial charge in [-0.2, -0.15) is 0 Å². The zero-order chi connectivity index (χ0) is 14.1. The lowest BCUT2D eigenvalue weighted by Crippen LogP contribution is -2.18. The first kappa shape index (κ1) is 13.3. The molecular weight excluding hydrogens is 246 g/mol. The first-order valence-electron chi connectivity index (χ1n) is 7.36. The van der Waals surface area contributed by atoms with Crippen LogP contribution in [0.25, 0.3) is 0 Å². The van der Waals surface area contributed by atoms with Crippen LogP contribution in [0.2, 0.25) is 0 Å². The lowest BCUT2D eigenvalue weighted by atomic mass is 9.80. The molecule has 1 N–H and O–H groups in total. The van der Waals surface area contributed by atoms with Crippen LogP contribution in [0.1, 0.15) is 52.8 Å². The highest BCUT2D eigenvalue weighted by Gasteiger charge is 2.28. The van der Waals surface area contributed by atoms with Crippen LogP contribution in [0, 0.1) is 13.8 Å². The number of aryl methyl sites for hydroxylation is 3. The second kappa shape index (κ2) is 5.37. The molecule has 104 valence electrons. The molecule has 3 rings (SSSR count). The van der Waals surface area contributed by atoms with Crippen molar-refractivity contribution in [3.8, 4) is 0 Å². The molecule has 0 aliphatic heterocycles. The molecule has 0 saturated carbocycles. The Morgan fingerprint density at radius 2 is 2.05 bits per heavy atom. The molecule has 20 heavy (non-hydrogen) atoms. The van der Waals surface area contributed by atoms with Crippen molar-refractivity contribution in [3.63, 3.8) is 0 Å². The molecule has 0 radical (unpaired) electrons. The van der Waals surface area contributed by atoms with Gasteiger partial charge in [-0.3, -0.25) is 4.98 Å². The van der Waals surface area contributed by atoms with Crippen LogP contribution in [0.4, 0.5) is 0 Å². The number of hydrogen-bond acceptors (Lipinski definition) is 2. The van der Waals surface area contributed by atoms with Gasteiger partial charge in [0.25, 0.3) is 0 Å². The minimum Gasteiger partial charge on any atom is -0.388 e. The van der Waals surface area contributed by atoms with Gasteiger partial charge in [0.05, 0.1) is 6.10 Å². The molecule has 1 aromatic carbocycles. The van der Waals surface area contributed by atoms with Crippen molar-refractivity contribution < 1.29 is 5.11 Å². The summed E-state index contributed by atoms with van der Waals surface area (Å²) >= 11 is 0. The normalized spacial score (nSPS) is 19.4. The van der Waals surface area contributed by atoms with Gasteiger partial charge in [-0.25, -0.2) is 0 Å². The van der Waals surface area contributed by atoms with E-state index in [1.165, 1.54) is 16.7 Å². The summed E-state index contributed by atoms with van der Waals surface area (Å²) in [7, 11) is 0. The van der Waals surface area contributed by atoms with E-state index in [1.807, 2.05) is 18.3 Å². The maximum absolute atomic E-state index is 10.8. The molecule has 2 heteroatoms. The predicted molar refractivity (Wildman–Crippen MR) is 80.8 cm³/mol. The van der Waals surface area contributed by atoms with E-state index in [1.54, 1.807) is 0 Å². The van der Waals surface area contributed by atoms with E-state index in [0.717, 1.165) is 30.5 Å². The summed E-state index contributed by atoms with van der Waals surface area (Å²) in [4.78, 5) is 4.53. The maximum atomic E-state index is 10.8. The number of aromatic nitrogens is 1.